The zero-order valence-corrected chi connectivity index (χ0v) is 16.0. The van der Waals surface area contributed by atoms with Gasteiger partial charge in [-0.1, -0.05) is 6.07 Å². The SMILES string of the molecule is O=C(CCCNC(=O)c1ccc(F)cc1F)Nc1cccc(OC2CCCC2)c1. The van der Waals surface area contributed by atoms with Gasteiger partial charge in [-0.05, 0) is 56.4 Å². The number of hydrogen-bond acceptors (Lipinski definition) is 3. The maximum atomic E-state index is 13.6. The van der Waals surface area contributed by atoms with Crippen molar-refractivity contribution in [1.29, 1.82) is 0 Å². The zero-order valence-electron chi connectivity index (χ0n) is 16.0. The third-order valence-electron chi connectivity index (χ3n) is 4.76. The number of anilines is 1. The Balaban J connectivity index is 1.40. The van der Waals surface area contributed by atoms with Crippen molar-refractivity contribution in [3.05, 3.63) is 59.7 Å². The first-order valence-electron chi connectivity index (χ1n) is 9.81. The second-order valence-corrected chi connectivity index (χ2v) is 7.08. The second-order valence-electron chi connectivity index (χ2n) is 7.08. The van der Waals surface area contributed by atoms with Crippen molar-refractivity contribution >= 4 is 17.5 Å². The molecule has 7 heteroatoms. The highest BCUT2D eigenvalue weighted by Crippen LogP contribution is 2.25. The molecule has 2 aromatic rings. The van der Waals surface area contributed by atoms with Crippen LogP contribution < -0.4 is 15.4 Å². The van der Waals surface area contributed by atoms with Gasteiger partial charge in [-0.15, -0.1) is 0 Å². The summed E-state index contributed by atoms with van der Waals surface area (Å²) in [7, 11) is 0. The first-order chi connectivity index (χ1) is 14.0. The number of benzene rings is 2. The summed E-state index contributed by atoms with van der Waals surface area (Å²) in [5.41, 5.74) is 0.429. The molecule has 1 fully saturated rings. The quantitative estimate of drug-likeness (QED) is 0.642. The normalized spacial score (nSPS) is 13.9. The maximum absolute atomic E-state index is 13.6. The van der Waals surface area contributed by atoms with E-state index < -0.39 is 17.5 Å². The molecule has 3 rings (SSSR count). The predicted octanol–water partition coefficient (Wildman–Crippen LogP) is 4.43. The molecule has 1 aliphatic carbocycles. The minimum absolute atomic E-state index is 0.190. The molecular weight excluding hydrogens is 378 g/mol. The van der Waals surface area contributed by atoms with Gasteiger partial charge in [0.2, 0.25) is 5.91 Å². The van der Waals surface area contributed by atoms with Crippen LogP contribution in [0.2, 0.25) is 0 Å². The summed E-state index contributed by atoms with van der Waals surface area (Å²) in [5, 5.41) is 5.34. The lowest BCUT2D eigenvalue weighted by molar-refractivity contribution is -0.116. The molecule has 0 spiro atoms. The van der Waals surface area contributed by atoms with Crippen LogP contribution in [0.3, 0.4) is 0 Å². The van der Waals surface area contributed by atoms with Gasteiger partial charge >= 0.3 is 0 Å². The van der Waals surface area contributed by atoms with Gasteiger partial charge in [0.25, 0.3) is 5.91 Å². The van der Waals surface area contributed by atoms with E-state index in [9.17, 15) is 18.4 Å². The number of halogens is 2. The number of hydrogen-bond donors (Lipinski definition) is 2. The van der Waals surface area contributed by atoms with Crippen LogP contribution in [-0.4, -0.2) is 24.5 Å². The van der Waals surface area contributed by atoms with Gasteiger partial charge < -0.3 is 15.4 Å². The molecule has 154 valence electrons. The lowest BCUT2D eigenvalue weighted by atomic mass is 10.2. The van der Waals surface area contributed by atoms with E-state index in [1.807, 2.05) is 12.1 Å². The van der Waals surface area contributed by atoms with Crippen molar-refractivity contribution in [2.75, 3.05) is 11.9 Å². The Bertz CT molecular complexity index is 867. The van der Waals surface area contributed by atoms with Crippen molar-refractivity contribution in [3.63, 3.8) is 0 Å². The van der Waals surface area contributed by atoms with E-state index in [-0.39, 0.29) is 30.5 Å². The van der Waals surface area contributed by atoms with Crippen molar-refractivity contribution in [1.82, 2.24) is 5.32 Å². The Kier molecular flexibility index (Phi) is 7.16. The summed E-state index contributed by atoms with van der Waals surface area (Å²) < 4.78 is 32.4. The highest BCUT2D eigenvalue weighted by atomic mass is 19.1. The minimum Gasteiger partial charge on any atom is -0.490 e. The van der Waals surface area contributed by atoms with Crippen molar-refractivity contribution in [2.45, 2.75) is 44.6 Å². The minimum atomic E-state index is -0.917. The van der Waals surface area contributed by atoms with E-state index in [0.29, 0.717) is 18.2 Å². The number of nitrogens with one attached hydrogen (secondary N) is 2. The van der Waals surface area contributed by atoms with Crippen molar-refractivity contribution in [2.24, 2.45) is 0 Å². The average Bonchev–Trinajstić information content (AvgIpc) is 3.18. The molecular formula is C22H24F2N2O3. The Morgan fingerprint density at radius 2 is 1.86 bits per heavy atom. The highest BCUT2D eigenvalue weighted by Gasteiger charge is 2.16. The maximum Gasteiger partial charge on any atom is 0.254 e. The summed E-state index contributed by atoms with van der Waals surface area (Å²) >= 11 is 0. The van der Waals surface area contributed by atoms with Gasteiger partial charge in [0.1, 0.15) is 17.4 Å². The van der Waals surface area contributed by atoms with E-state index in [0.717, 1.165) is 30.7 Å². The van der Waals surface area contributed by atoms with E-state index >= 15 is 0 Å². The monoisotopic (exact) mass is 402 g/mol. The van der Waals surface area contributed by atoms with Crippen LogP contribution in [0.5, 0.6) is 5.75 Å². The van der Waals surface area contributed by atoms with Gasteiger partial charge in [0, 0.05) is 30.8 Å². The average molecular weight is 402 g/mol. The van der Waals surface area contributed by atoms with Crippen molar-refractivity contribution < 1.29 is 23.1 Å². The Morgan fingerprint density at radius 3 is 2.62 bits per heavy atom. The number of ether oxygens (including phenoxy) is 1. The van der Waals surface area contributed by atoms with Gasteiger partial charge in [0.05, 0.1) is 11.7 Å². The first kappa shape index (κ1) is 20.8. The number of amides is 2. The van der Waals surface area contributed by atoms with Gasteiger partial charge in [-0.25, -0.2) is 8.78 Å². The Hall–Kier alpha value is -2.96. The first-order valence-corrected chi connectivity index (χ1v) is 9.81. The van der Waals surface area contributed by atoms with Gasteiger partial charge in [0.15, 0.2) is 0 Å². The molecule has 0 aliphatic heterocycles. The van der Waals surface area contributed by atoms with Crippen LogP contribution in [0, 0.1) is 11.6 Å². The third-order valence-corrected chi connectivity index (χ3v) is 4.76. The highest BCUT2D eigenvalue weighted by molar-refractivity contribution is 5.94. The summed E-state index contributed by atoms with van der Waals surface area (Å²) in [6, 6.07) is 10.1. The molecule has 0 heterocycles. The standard InChI is InChI=1S/C22H24F2N2O3/c23-15-10-11-19(20(24)13-15)22(28)25-12-4-9-21(27)26-16-5-3-8-18(14-16)29-17-6-1-2-7-17/h3,5,8,10-11,13-14,17H,1-2,4,6-7,9,12H2,(H,25,28)(H,26,27). The molecule has 2 aromatic carbocycles. The van der Waals surface area contributed by atoms with Crippen molar-refractivity contribution in [3.8, 4) is 5.75 Å². The number of carbonyl (C=O) groups excluding carboxylic acids is 2. The topological polar surface area (TPSA) is 67.4 Å². The van der Waals surface area contributed by atoms with E-state index in [1.165, 1.54) is 12.8 Å². The lowest BCUT2D eigenvalue weighted by Crippen LogP contribution is -2.26. The summed E-state index contributed by atoms with van der Waals surface area (Å²) in [4.78, 5) is 24.0. The molecule has 0 atom stereocenters. The molecule has 0 saturated heterocycles. The molecule has 29 heavy (non-hydrogen) atoms. The number of carbonyl (C=O) groups is 2. The molecule has 2 N–H and O–H groups in total. The fourth-order valence-electron chi connectivity index (χ4n) is 3.29. The molecule has 0 bridgehead atoms. The Morgan fingerprint density at radius 1 is 1.07 bits per heavy atom. The van der Waals surface area contributed by atoms with Crippen LogP contribution in [-0.2, 0) is 4.79 Å². The van der Waals surface area contributed by atoms with Gasteiger partial charge in [-0.2, -0.15) is 0 Å². The summed E-state index contributed by atoms with van der Waals surface area (Å²) in [6.07, 6.45) is 5.32. The summed E-state index contributed by atoms with van der Waals surface area (Å²) in [6.45, 7) is 0.202. The zero-order chi connectivity index (χ0) is 20.6. The smallest absolute Gasteiger partial charge is 0.254 e. The molecule has 0 unspecified atom stereocenters. The predicted molar refractivity (Wildman–Crippen MR) is 106 cm³/mol. The molecule has 0 aromatic heterocycles. The third kappa shape index (κ3) is 6.27. The van der Waals surface area contributed by atoms with Crippen LogP contribution in [0.15, 0.2) is 42.5 Å². The van der Waals surface area contributed by atoms with E-state index in [1.54, 1.807) is 12.1 Å². The molecule has 5 nitrogen and oxygen atoms in total. The van der Waals surface area contributed by atoms with Crippen LogP contribution in [0.25, 0.3) is 0 Å². The van der Waals surface area contributed by atoms with Gasteiger partial charge in [-0.3, -0.25) is 9.59 Å². The van der Waals surface area contributed by atoms with Crippen LogP contribution in [0.1, 0.15) is 48.9 Å². The lowest BCUT2D eigenvalue weighted by Gasteiger charge is -2.14. The number of rotatable bonds is 8. The molecule has 1 saturated carbocycles. The summed E-state index contributed by atoms with van der Waals surface area (Å²) in [5.74, 6) is -1.75. The Labute approximate surface area is 168 Å². The van der Waals surface area contributed by atoms with Crippen LogP contribution >= 0.6 is 0 Å². The molecule has 2 amide bonds. The fraction of sp³-hybridized carbons (Fsp3) is 0.364. The molecule has 1 aliphatic rings. The fourth-order valence-corrected chi connectivity index (χ4v) is 3.29. The second kappa shape index (κ2) is 10.0. The largest absolute Gasteiger partial charge is 0.490 e. The van der Waals surface area contributed by atoms with E-state index in [2.05, 4.69) is 10.6 Å². The molecule has 0 radical (unpaired) electrons. The van der Waals surface area contributed by atoms with Crippen LogP contribution in [0.4, 0.5) is 14.5 Å². The van der Waals surface area contributed by atoms with E-state index in [4.69, 9.17) is 4.74 Å².